The van der Waals surface area contributed by atoms with Gasteiger partial charge in [0.1, 0.15) is 5.92 Å². The number of amides is 1. The Morgan fingerprint density at radius 3 is 2.58 bits per heavy atom. The van der Waals surface area contributed by atoms with E-state index < -0.39 is 16.9 Å². The summed E-state index contributed by atoms with van der Waals surface area (Å²) in [5.41, 5.74) is 2.47. The predicted octanol–water partition coefficient (Wildman–Crippen LogP) is 2.63. The lowest BCUT2D eigenvalue weighted by atomic mass is 10.3. The molecule has 4 rings (SSSR count). The molecule has 1 aliphatic carbocycles. The molecule has 24 heavy (non-hydrogen) atoms. The van der Waals surface area contributed by atoms with Crippen LogP contribution >= 0.6 is 0 Å². The molecule has 3 aromatic rings. The van der Waals surface area contributed by atoms with Crippen LogP contribution in [-0.4, -0.2) is 26.4 Å². The molecule has 1 aliphatic rings. The zero-order valence-corrected chi connectivity index (χ0v) is 12.6. The fraction of sp³-hybridized carbons (Fsp3) is 0.176. The standard InChI is InChI=1S/C17H14N4O3/c22-16(12-10-15(12)21(23)24)19-17-18-13-8-4-5-9-14(13)20(17)11-6-2-1-3-7-11/h1-9,12,15H,10H2,(H,18,19,22). The summed E-state index contributed by atoms with van der Waals surface area (Å²) in [7, 11) is 0. The molecule has 2 unspecified atom stereocenters. The highest BCUT2D eigenvalue weighted by atomic mass is 16.6. The van der Waals surface area contributed by atoms with Gasteiger partial charge in [-0.2, -0.15) is 0 Å². The Balaban J connectivity index is 1.73. The van der Waals surface area contributed by atoms with Crippen molar-refractivity contribution in [1.29, 1.82) is 0 Å². The first-order valence-electron chi connectivity index (χ1n) is 7.62. The van der Waals surface area contributed by atoms with Crippen molar-refractivity contribution < 1.29 is 9.72 Å². The number of nitro groups is 1. The molecule has 1 heterocycles. The van der Waals surface area contributed by atoms with Gasteiger partial charge in [0.15, 0.2) is 0 Å². The Bertz CT molecular complexity index is 935. The lowest BCUT2D eigenvalue weighted by Gasteiger charge is -2.09. The quantitative estimate of drug-likeness (QED) is 0.590. The van der Waals surface area contributed by atoms with E-state index in [0.717, 1.165) is 16.7 Å². The highest BCUT2D eigenvalue weighted by Gasteiger charge is 2.53. The van der Waals surface area contributed by atoms with Gasteiger partial charge in [-0.05, 0) is 24.3 Å². The number of benzene rings is 2. The lowest BCUT2D eigenvalue weighted by Crippen LogP contribution is -2.20. The topological polar surface area (TPSA) is 90.1 Å². The molecular formula is C17H14N4O3. The number of carbonyl (C=O) groups is 1. The fourth-order valence-corrected chi connectivity index (χ4v) is 2.85. The van der Waals surface area contributed by atoms with E-state index in [1.54, 1.807) is 0 Å². The Morgan fingerprint density at radius 2 is 1.88 bits per heavy atom. The molecule has 0 bridgehead atoms. The van der Waals surface area contributed by atoms with E-state index in [1.807, 2.05) is 59.2 Å². The third kappa shape index (κ3) is 2.40. The number of para-hydroxylation sites is 3. The van der Waals surface area contributed by atoms with E-state index in [-0.39, 0.29) is 12.3 Å². The molecule has 1 aromatic heterocycles. The molecular weight excluding hydrogens is 308 g/mol. The van der Waals surface area contributed by atoms with Crippen molar-refractivity contribution in [2.24, 2.45) is 5.92 Å². The minimum absolute atomic E-state index is 0.282. The van der Waals surface area contributed by atoms with Crippen molar-refractivity contribution in [2.75, 3.05) is 5.32 Å². The van der Waals surface area contributed by atoms with E-state index in [9.17, 15) is 14.9 Å². The summed E-state index contributed by atoms with van der Waals surface area (Å²) in [4.78, 5) is 27.1. The summed E-state index contributed by atoms with van der Waals surface area (Å²) in [6, 6.07) is 16.3. The summed E-state index contributed by atoms with van der Waals surface area (Å²) in [6.07, 6.45) is 0.282. The molecule has 7 heteroatoms. The zero-order chi connectivity index (χ0) is 16.7. The van der Waals surface area contributed by atoms with Gasteiger partial charge >= 0.3 is 0 Å². The second-order valence-corrected chi connectivity index (χ2v) is 5.78. The molecule has 1 saturated carbocycles. The Morgan fingerprint density at radius 1 is 1.17 bits per heavy atom. The molecule has 120 valence electrons. The molecule has 0 saturated heterocycles. The van der Waals surface area contributed by atoms with Crippen LogP contribution < -0.4 is 5.32 Å². The van der Waals surface area contributed by atoms with Gasteiger partial charge in [-0.3, -0.25) is 24.8 Å². The molecule has 0 spiro atoms. The average molecular weight is 322 g/mol. The van der Waals surface area contributed by atoms with Crippen LogP contribution in [0.15, 0.2) is 54.6 Å². The second-order valence-electron chi connectivity index (χ2n) is 5.78. The van der Waals surface area contributed by atoms with Gasteiger partial charge in [0, 0.05) is 17.0 Å². The van der Waals surface area contributed by atoms with E-state index >= 15 is 0 Å². The van der Waals surface area contributed by atoms with Gasteiger partial charge in [-0.25, -0.2) is 4.98 Å². The molecule has 2 atom stereocenters. The van der Waals surface area contributed by atoms with Crippen LogP contribution in [0, 0.1) is 16.0 Å². The van der Waals surface area contributed by atoms with E-state index in [2.05, 4.69) is 10.3 Å². The minimum atomic E-state index is -0.778. The van der Waals surface area contributed by atoms with Crippen LogP contribution in [0.5, 0.6) is 0 Å². The van der Waals surface area contributed by atoms with Gasteiger partial charge in [-0.1, -0.05) is 30.3 Å². The van der Waals surface area contributed by atoms with Gasteiger partial charge in [0.05, 0.1) is 11.0 Å². The summed E-state index contributed by atoms with van der Waals surface area (Å²) in [5, 5.41) is 13.5. The maximum atomic E-state index is 12.3. The van der Waals surface area contributed by atoms with Crippen LogP contribution in [0.1, 0.15) is 6.42 Å². The number of imidazole rings is 1. The van der Waals surface area contributed by atoms with E-state index in [0.29, 0.717) is 5.95 Å². The average Bonchev–Trinajstić information content (AvgIpc) is 3.32. The SMILES string of the molecule is O=C(Nc1nc2ccccc2n1-c1ccccc1)C1CC1[N+](=O)[O-]. The van der Waals surface area contributed by atoms with Gasteiger partial charge in [0.2, 0.25) is 17.9 Å². The van der Waals surface area contributed by atoms with Crippen molar-refractivity contribution >= 4 is 22.9 Å². The van der Waals surface area contributed by atoms with Crippen molar-refractivity contribution in [1.82, 2.24) is 9.55 Å². The third-order valence-electron chi connectivity index (χ3n) is 4.17. The predicted molar refractivity (Wildman–Crippen MR) is 88.6 cm³/mol. The Kier molecular flexibility index (Phi) is 3.26. The third-order valence-corrected chi connectivity index (χ3v) is 4.17. The molecule has 0 radical (unpaired) electrons. The molecule has 1 fully saturated rings. The number of carbonyl (C=O) groups excluding carboxylic acids is 1. The molecule has 0 aliphatic heterocycles. The first-order valence-corrected chi connectivity index (χ1v) is 7.62. The normalized spacial score (nSPS) is 19.2. The van der Waals surface area contributed by atoms with Crippen LogP contribution in [-0.2, 0) is 4.79 Å². The smallest absolute Gasteiger partial charge is 0.237 e. The number of rotatable bonds is 4. The monoisotopic (exact) mass is 322 g/mol. The summed E-state index contributed by atoms with van der Waals surface area (Å²) in [6.45, 7) is 0. The molecule has 1 amide bonds. The van der Waals surface area contributed by atoms with Gasteiger partial charge in [0.25, 0.3) is 0 Å². The molecule has 7 nitrogen and oxygen atoms in total. The first-order chi connectivity index (χ1) is 11.6. The lowest BCUT2D eigenvalue weighted by molar-refractivity contribution is -0.497. The van der Waals surface area contributed by atoms with Crippen molar-refractivity contribution in [3.8, 4) is 5.69 Å². The Hall–Kier alpha value is -3.22. The highest BCUT2D eigenvalue weighted by molar-refractivity contribution is 5.95. The minimum Gasteiger partial charge on any atom is -0.295 e. The maximum Gasteiger partial charge on any atom is 0.237 e. The number of aromatic nitrogens is 2. The zero-order valence-electron chi connectivity index (χ0n) is 12.6. The number of hydrogen-bond acceptors (Lipinski definition) is 4. The van der Waals surface area contributed by atoms with Crippen LogP contribution in [0.2, 0.25) is 0 Å². The highest BCUT2D eigenvalue weighted by Crippen LogP contribution is 2.34. The van der Waals surface area contributed by atoms with Gasteiger partial charge < -0.3 is 0 Å². The summed E-state index contributed by atoms with van der Waals surface area (Å²) < 4.78 is 1.84. The second kappa shape index (κ2) is 5.45. The van der Waals surface area contributed by atoms with Crippen molar-refractivity contribution in [3.05, 3.63) is 64.7 Å². The summed E-state index contributed by atoms with van der Waals surface area (Å²) in [5.74, 6) is -0.561. The fourth-order valence-electron chi connectivity index (χ4n) is 2.85. The molecule has 2 aromatic carbocycles. The largest absolute Gasteiger partial charge is 0.295 e. The number of anilines is 1. The van der Waals surface area contributed by atoms with Crippen molar-refractivity contribution in [3.63, 3.8) is 0 Å². The maximum absolute atomic E-state index is 12.3. The van der Waals surface area contributed by atoms with Crippen LogP contribution in [0.25, 0.3) is 16.7 Å². The number of nitrogens with one attached hydrogen (secondary N) is 1. The number of fused-ring (bicyclic) bond motifs is 1. The first kappa shape index (κ1) is 14.4. The number of nitrogens with zero attached hydrogens (tertiary/aromatic N) is 3. The van der Waals surface area contributed by atoms with Crippen LogP contribution in [0.3, 0.4) is 0 Å². The Labute approximate surface area is 137 Å². The molecule has 1 N–H and O–H groups in total. The van der Waals surface area contributed by atoms with Crippen molar-refractivity contribution in [2.45, 2.75) is 12.5 Å². The summed E-state index contributed by atoms with van der Waals surface area (Å²) >= 11 is 0. The van der Waals surface area contributed by atoms with Gasteiger partial charge in [-0.15, -0.1) is 0 Å². The van der Waals surface area contributed by atoms with E-state index in [4.69, 9.17) is 0 Å². The van der Waals surface area contributed by atoms with E-state index in [1.165, 1.54) is 0 Å². The van der Waals surface area contributed by atoms with Crippen LogP contribution in [0.4, 0.5) is 5.95 Å². The number of hydrogen-bond donors (Lipinski definition) is 1.